The first-order valence-corrected chi connectivity index (χ1v) is 18.5. The van der Waals surface area contributed by atoms with Gasteiger partial charge in [0.25, 0.3) is 0 Å². The maximum atomic E-state index is 5.43. The second kappa shape index (κ2) is 12.6. The average molecular weight is 702 g/mol. The fourth-order valence-electron chi connectivity index (χ4n) is 7.92. The summed E-state index contributed by atoms with van der Waals surface area (Å²) in [4.78, 5) is 21.3. The van der Waals surface area contributed by atoms with Gasteiger partial charge in [0.2, 0.25) is 0 Å². The lowest BCUT2D eigenvalue weighted by Crippen LogP contribution is -2.01. The van der Waals surface area contributed by atoms with E-state index in [0.717, 1.165) is 88.8 Å². The Morgan fingerprint density at radius 2 is 0.945 bits per heavy atom. The zero-order valence-electron chi connectivity index (χ0n) is 29.6. The van der Waals surface area contributed by atoms with Crippen LogP contribution in [0.25, 0.3) is 105 Å². The van der Waals surface area contributed by atoms with Crippen molar-refractivity contribution < 1.29 is 0 Å². The first-order chi connectivity index (χ1) is 27.2. The van der Waals surface area contributed by atoms with Crippen molar-refractivity contribution in [2.45, 2.75) is 0 Å². The highest BCUT2D eigenvalue weighted by Gasteiger charge is 2.23. The largest absolute Gasteiger partial charge is 0.298 e. The molecule has 0 amide bonds. The second-order valence-electron chi connectivity index (χ2n) is 13.9. The van der Waals surface area contributed by atoms with Gasteiger partial charge < -0.3 is 0 Å². The third-order valence-corrected chi connectivity index (χ3v) is 10.6. The van der Waals surface area contributed by atoms with Crippen LogP contribution in [0.4, 0.5) is 0 Å². The van der Waals surface area contributed by atoms with Gasteiger partial charge in [-0.2, -0.15) is 0 Å². The number of imidazole rings is 1. The molecule has 0 radical (unpaired) electrons. The van der Waals surface area contributed by atoms with Crippen molar-refractivity contribution in [3.63, 3.8) is 0 Å². The molecule has 55 heavy (non-hydrogen) atoms. The number of hydrogen-bond acceptors (Lipinski definition) is 4. The molecule has 0 atom stereocenters. The molecule has 0 unspecified atom stereocenters. The molecule has 11 rings (SSSR count). The minimum absolute atomic E-state index is 0.676. The van der Waals surface area contributed by atoms with Gasteiger partial charge in [0.05, 0.1) is 28.1 Å². The molecule has 4 aromatic heterocycles. The van der Waals surface area contributed by atoms with Gasteiger partial charge >= 0.3 is 0 Å². The molecular formula is C50H31N5. The topological polar surface area (TPSA) is 56.0 Å². The molecule has 0 aliphatic rings. The molecule has 0 saturated carbocycles. The SMILES string of the molecule is c1ccc(-c2nc(-c3ccc4ccccc4c3)c(-c3cccc(-c4nc5ccccc5c5nc6ccccn6c45)c3)c(-c3ccc4ccccc4c3)n2)cc1. The zero-order valence-corrected chi connectivity index (χ0v) is 29.6. The van der Waals surface area contributed by atoms with Gasteiger partial charge in [-0.05, 0) is 63.5 Å². The summed E-state index contributed by atoms with van der Waals surface area (Å²) in [6.07, 6.45) is 2.07. The third-order valence-electron chi connectivity index (χ3n) is 10.6. The van der Waals surface area contributed by atoms with Crippen LogP contribution >= 0.6 is 0 Å². The smallest absolute Gasteiger partial charge is 0.160 e. The average Bonchev–Trinajstić information content (AvgIpc) is 3.66. The molecule has 0 bridgehead atoms. The van der Waals surface area contributed by atoms with Gasteiger partial charge in [0, 0.05) is 39.4 Å². The van der Waals surface area contributed by atoms with Gasteiger partial charge in [-0.1, -0.05) is 146 Å². The van der Waals surface area contributed by atoms with E-state index in [0.29, 0.717) is 5.82 Å². The minimum atomic E-state index is 0.676. The zero-order chi connectivity index (χ0) is 36.3. The summed E-state index contributed by atoms with van der Waals surface area (Å²) >= 11 is 0. The van der Waals surface area contributed by atoms with E-state index < -0.39 is 0 Å². The van der Waals surface area contributed by atoms with E-state index in [1.807, 2.05) is 42.5 Å². The number of fused-ring (bicyclic) bond motifs is 7. The second-order valence-corrected chi connectivity index (χ2v) is 13.9. The molecule has 4 heterocycles. The van der Waals surface area contributed by atoms with Gasteiger partial charge in [-0.25, -0.2) is 19.9 Å². The molecular weight excluding hydrogens is 671 g/mol. The van der Waals surface area contributed by atoms with Crippen molar-refractivity contribution in [2.24, 2.45) is 0 Å². The Bertz CT molecular complexity index is 3170. The lowest BCUT2D eigenvalue weighted by molar-refractivity contribution is 1.19. The lowest BCUT2D eigenvalue weighted by Gasteiger charge is -2.18. The van der Waals surface area contributed by atoms with Crippen LogP contribution in [0.15, 0.2) is 188 Å². The Morgan fingerprint density at radius 1 is 0.364 bits per heavy atom. The molecule has 11 aromatic rings. The Labute approximate surface area is 316 Å². The van der Waals surface area contributed by atoms with Crippen molar-refractivity contribution in [1.29, 1.82) is 0 Å². The van der Waals surface area contributed by atoms with E-state index in [1.54, 1.807) is 0 Å². The predicted molar refractivity (Wildman–Crippen MR) is 226 cm³/mol. The number of hydrogen-bond donors (Lipinski definition) is 0. The van der Waals surface area contributed by atoms with E-state index in [9.17, 15) is 0 Å². The Hall–Kier alpha value is -7.50. The molecule has 0 spiro atoms. The molecule has 0 aliphatic carbocycles. The van der Waals surface area contributed by atoms with E-state index in [1.165, 1.54) is 10.8 Å². The van der Waals surface area contributed by atoms with Crippen LogP contribution in [0, 0.1) is 0 Å². The van der Waals surface area contributed by atoms with Crippen molar-refractivity contribution in [2.75, 3.05) is 0 Å². The number of rotatable bonds is 5. The normalized spacial score (nSPS) is 11.6. The molecule has 0 fully saturated rings. The molecule has 5 nitrogen and oxygen atoms in total. The molecule has 0 saturated heterocycles. The van der Waals surface area contributed by atoms with E-state index in [4.69, 9.17) is 19.9 Å². The highest BCUT2D eigenvalue weighted by Crippen LogP contribution is 2.43. The van der Waals surface area contributed by atoms with Crippen LogP contribution in [0.5, 0.6) is 0 Å². The van der Waals surface area contributed by atoms with Gasteiger partial charge in [-0.3, -0.25) is 4.40 Å². The van der Waals surface area contributed by atoms with Crippen LogP contribution < -0.4 is 0 Å². The fraction of sp³-hybridized carbons (Fsp3) is 0. The van der Waals surface area contributed by atoms with Crippen LogP contribution in [-0.2, 0) is 0 Å². The standard InChI is InChI=1S/C50H31N5/c1-2-15-34(16-3-1)50-53-45(39-26-24-32-13-4-6-17-35(32)29-39)44(46(54-50)40-27-25-33-14-5-7-18-36(33)30-40)37-19-12-20-38(31-37)47-49-48(41-21-8-9-22-42(41)51-47)52-43-23-10-11-28-55(43)49/h1-31H. The highest BCUT2D eigenvalue weighted by atomic mass is 15.0. The van der Waals surface area contributed by atoms with Crippen molar-refractivity contribution in [3.05, 3.63) is 188 Å². The number of nitrogens with zero attached hydrogens (tertiary/aromatic N) is 5. The van der Waals surface area contributed by atoms with Crippen molar-refractivity contribution in [1.82, 2.24) is 24.3 Å². The summed E-state index contributed by atoms with van der Waals surface area (Å²) in [6.45, 7) is 0. The summed E-state index contributed by atoms with van der Waals surface area (Å²) in [5, 5.41) is 5.70. The molecule has 0 aliphatic heterocycles. The summed E-state index contributed by atoms with van der Waals surface area (Å²) < 4.78 is 2.15. The van der Waals surface area contributed by atoms with Crippen LogP contribution in [-0.4, -0.2) is 24.3 Å². The van der Waals surface area contributed by atoms with Gasteiger partial charge in [-0.15, -0.1) is 0 Å². The summed E-state index contributed by atoms with van der Waals surface area (Å²) in [5.41, 5.74) is 12.3. The summed E-state index contributed by atoms with van der Waals surface area (Å²) in [6, 6.07) is 63.5. The van der Waals surface area contributed by atoms with E-state index in [-0.39, 0.29) is 0 Å². The number of benzene rings is 7. The van der Waals surface area contributed by atoms with Crippen molar-refractivity contribution >= 4 is 49.1 Å². The monoisotopic (exact) mass is 701 g/mol. The number of para-hydroxylation sites is 1. The fourth-order valence-corrected chi connectivity index (χ4v) is 7.92. The maximum absolute atomic E-state index is 5.43. The summed E-state index contributed by atoms with van der Waals surface area (Å²) in [7, 11) is 0. The van der Waals surface area contributed by atoms with Gasteiger partial charge in [0.15, 0.2) is 5.82 Å². The maximum Gasteiger partial charge on any atom is 0.160 e. The summed E-state index contributed by atoms with van der Waals surface area (Å²) in [5.74, 6) is 0.676. The van der Waals surface area contributed by atoms with Crippen LogP contribution in [0.3, 0.4) is 0 Å². The highest BCUT2D eigenvalue weighted by molar-refractivity contribution is 6.09. The predicted octanol–water partition coefficient (Wildman–Crippen LogP) is 12.5. The first-order valence-electron chi connectivity index (χ1n) is 18.5. The van der Waals surface area contributed by atoms with Crippen LogP contribution in [0.1, 0.15) is 0 Å². The number of aromatic nitrogens is 5. The molecule has 5 heteroatoms. The Kier molecular flexibility index (Phi) is 7.10. The molecule has 7 aromatic carbocycles. The Balaban J connectivity index is 1.23. The molecule has 0 N–H and O–H groups in total. The number of pyridine rings is 2. The van der Waals surface area contributed by atoms with Crippen LogP contribution in [0.2, 0.25) is 0 Å². The third kappa shape index (κ3) is 5.24. The Morgan fingerprint density at radius 3 is 1.67 bits per heavy atom. The first kappa shape index (κ1) is 31.1. The van der Waals surface area contributed by atoms with Crippen molar-refractivity contribution in [3.8, 4) is 56.3 Å². The van der Waals surface area contributed by atoms with Gasteiger partial charge in [0.1, 0.15) is 11.2 Å². The lowest BCUT2D eigenvalue weighted by atomic mass is 9.91. The molecule has 256 valence electrons. The van der Waals surface area contributed by atoms with E-state index >= 15 is 0 Å². The minimum Gasteiger partial charge on any atom is -0.298 e. The quantitative estimate of drug-likeness (QED) is 0.179. The van der Waals surface area contributed by atoms with E-state index in [2.05, 4.69) is 150 Å².